The molecule has 1 heterocycles. The molecule has 1 aliphatic rings. The van der Waals surface area contributed by atoms with Crippen LogP contribution in [0.25, 0.3) is 0 Å². The van der Waals surface area contributed by atoms with Gasteiger partial charge in [0.15, 0.2) is 0 Å². The molecule has 1 aliphatic carbocycles. The largest absolute Gasteiger partial charge is 0.312 e. The number of nitrogens with zero attached hydrogens (tertiary/aromatic N) is 2. The molecular weight excluding hydrogens is 234 g/mol. The predicted molar refractivity (Wildman–Crippen MR) is 77.0 cm³/mol. The van der Waals surface area contributed by atoms with Crippen molar-refractivity contribution in [2.75, 3.05) is 6.54 Å². The minimum Gasteiger partial charge on any atom is -0.312 e. The smallest absolute Gasteiger partial charge is 0.0637 e. The molecule has 0 saturated heterocycles. The van der Waals surface area contributed by atoms with Crippen LogP contribution in [0.3, 0.4) is 0 Å². The van der Waals surface area contributed by atoms with Crippen molar-refractivity contribution in [2.24, 2.45) is 7.05 Å². The number of aromatic nitrogens is 2. The first kappa shape index (κ1) is 12.4. The Morgan fingerprint density at radius 2 is 2.00 bits per heavy atom. The van der Waals surface area contributed by atoms with E-state index in [1.54, 1.807) is 0 Å². The Labute approximate surface area is 114 Å². The van der Waals surface area contributed by atoms with Crippen LogP contribution in [0.4, 0.5) is 0 Å². The zero-order valence-corrected chi connectivity index (χ0v) is 11.5. The second kappa shape index (κ2) is 5.57. The lowest BCUT2D eigenvalue weighted by Gasteiger charge is -2.05. The Balaban J connectivity index is 1.41. The highest BCUT2D eigenvalue weighted by molar-refractivity contribution is 5.27. The summed E-state index contributed by atoms with van der Waals surface area (Å²) >= 11 is 0. The van der Waals surface area contributed by atoms with Crippen LogP contribution in [-0.4, -0.2) is 16.3 Å². The molecule has 100 valence electrons. The van der Waals surface area contributed by atoms with E-state index in [0.717, 1.165) is 31.1 Å². The van der Waals surface area contributed by atoms with Gasteiger partial charge < -0.3 is 5.32 Å². The minimum absolute atomic E-state index is 0.853. The minimum atomic E-state index is 0.853. The lowest BCUT2D eigenvalue weighted by molar-refractivity contribution is 0.665. The van der Waals surface area contributed by atoms with E-state index in [-0.39, 0.29) is 0 Å². The third-order valence-corrected chi connectivity index (χ3v) is 3.68. The fraction of sp³-hybridized carbons (Fsp3) is 0.438. The Hall–Kier alpha value is -1.61. The van der Waals surface area contributed by atoms with Crippen LogP contribution >= 0.6 is 0 Å². The van der Waals surface area contributed by atoms with E-state index in [2.05, 4.69) is 40.7 Å². The third kappa shape index (κ3) is 3.44. The Bertz CT molecular complexity index is 523. The maximum absolute atomic E-state index is 4.37. The number of aryl methyl sites for hydroxylation is 1. The number of nitrogens with one attached hydrogen (secondary N) is 1. The number of hydrogen-bond acceptors (Lipinski definition) is 2. The number of hydrogen-bond donors (Lipinski definition) is 1. The second-order valence-corrected chi connectivity index (χ2v) is 5.42. The molecule has 1 N–H and O–H groups in total. The molecule has 1 saturated carbocycles. The second-order valence-electron chi connectivity index (χ2n) is 5.42. The van der Waals surface area contributed by atoms with Crippen LogP contribution in [0, 0.1) is 0 Å². The summed E-state index contributed by atoms with van der Waals surface area (Å²) < 4.78 is 1.85. The summed E-state index contributed by atoms with van der Waals surface area (Å²) in [5.74, 6) is 0.853. The summed E-state index contributed by atoms with van der Waals surface area (Å²) in [6.07, 6.45) is 5.73. The Morgan fingerprint density at radius 3 is 2.63 bits per heavy atom. The van der Waals surface area contributed by atoms with Crippen molar-refractivity contribution < 1.29 is 0 Å². The molecule has 19 heavy (non-hydrogen) atoms. The van der Waals surface area contributed by atoms with Crippen molar-refractivity contribution >= 4 is 0 Å². The first-order valence-electron chi connectivity index (χ1n) is 7.09. The summed E-state index contributed by atoms with van der Waals surface area (Å²) in [6.45, 7) is 1.92. The average Bonchev–Trinajstić information content (AvgIpc) is 3.19. The van der Waals surface area contributed by atoms with Gasteiger partial charge in [-0.05, 0) is 36.0 Å². The number of rotatable bonds is 6. The van der Waals surface area contributed by atoms with Crippen molar-refractivity contribution in [1.82, 2.24) is 15.1 Å². The van der Waals surface area contributed by atoms with Gasteiger partial charge in [0.25, 0.3) is 0 Å². The fourth-order valence-corrected chi connectivity index (χ4v) is 2.37. The van der Waals surface area contributed by atoms with Gasteiger partial charge in [-0.3, -0.25) is 4.68 Å². The van der Waals surface area contributed by atoms with E-state index in [0.29, 0.717) is 0 Å². The van der Waals surface area contributed by atoms with Crippen LogP contribution in [-0.2, 0) is 20.0 Å². The van der Waals surface area contributed by atoms with Gasteiger partial charge in [0, 0.05) is 32.8 Å². The van der Waals surface area contributed by atoms with Gasteiger partial charge >= 0.3 is 0 Å². The molecule has 0 radical (unpaired) electrons. The topological polar surface area (TPSA) is 29.9 Å². The van der Waals surface area contributed by atoms with Crippen LogP contribution in [0.5, 0.6) is 0 Å². The molecule has 0 aliphatic heterocycles. The maximum Gasteiger partial charge on any atom is 0.0637 e. The zero-order valence-electron chi connectivity index (χ0n) is 11.5. The van der Waals surface area contributed by atoms with Gasteiger partial charge in [0.2, 0.25) is 0 Å². The highest BCUT2D eigenvalue weighted by atomic mass is 15.2. The molecule has 3 heteroatoms. The van der Waals surface area contributed by atoms with Gasteiger partial charge in [0.1, 0.15) is 0 Å². The summed E-state index contributed by atoms with van der Waals surface area (Å²) in [6, 6.07) is 11.1. The lowest BCUT2D eigenvalue weighted by atomic mass is 10.1. The van der Waals surface area contributed by atoms with E-state index < -0.39 is 0 Å². The van der Waals surface area contributed by atoms with Crippen LogP contribution in [0.1, 0.15) is 35.6 Å². The van der Waals surface area contributed by atoms with E-state index in [4.69, 9.17) is 0 Å². The summed E-state index contributed by atoms with van der Waals surface area (Å²) in [5.41, 5.74) is 4.03. The summed E-state index contributed by atoms with van der Waals surface area (Å²) in [7, 11) is 1.96. The molecule has 3 nitrogen and oxygen atoms in total. The molecule has 0 unspecified atom stereocenters. The molecule has 1 aromatic heterocycles. The maximum atomic E-state index is 4.37. The third-order valence-electron chi connectivity index (χ3n) is 3.68. The normalized spacial score (nSPS) is 14.8. The zero-order chi connectivity index (χ0) is 13.1. The predicted octanol–water partition coefficient (Wildman–Crippen LogP) is 2.63. The first-order valence-corrected chi connectivity index (χ1v) is 7.09. The summed E-state index contributed by atoms with van der Waals surface area (Å²) in [5, 5.41) is 7.84. The van der Waals surface area contributed by atoms with Crippen LogP contribution in [0.2, 0.25) is 0 Å². The van der Waals surface area contributed by atoms with Crippen molar-refractivity contribution in [3.8, 4) is 0 Å². The quantitative estimate of drug-likeness (QED) is 0.804. The van der Waals surface area contributed by atoms with E-state index in [1.165, 1.54) is 24.0 Å². The fourth-order valence-electron chi connectivity index (χ4n) is 2.37. The standard InChI is InChI=1S/C16H21N3/c1-19-11-9-16(18-19)8-10-17-12-13-2-4-14(5-3-13)15-6-7-15/h2-5,9,11,15,17H,6-8,10,12H2,1H3. The molecule has 2 aromatic rings. The average molecular weight is 255 g/mol. The molecule has 1 aromatic carbocycles. The molecule has 3 rings (SSSR count). The van der Waals surface area contributed by atoms with Gasteiger partial charge in [-0.1, -0.05) is 24.3 Å². The molecular formula is C16H21N3. The molecule has 0 atom stereocenters. The molecule has 0 spiro atoms. The van der Waals surface area contributed by atoms with Gasteiger partial charge in [-0.15, -0.1) is 0 Å². The Morgan fingerprint density at radius 1 is 1.21 bits per heavy atom. The highest BCUT2D eigenvalue weighted by Gasteiger charge is 2.22. The van der Waals surface area contributed by atoms with Crippen molar-refractivity contribution in [3.63, 3.8) is 0 Å². The first-order chi connectivity index (χ1) is 9.31. The van der Waals surface area contributed by atoms with E-state index in [9.17, 15) is 0 Å². The Kier molecular flexibility index (Phi) is 3.65. The van der Waals surface area contributed by atoms with Crippen molar-refractivity contribution in [2.45, 2.75) is 31.7 Å². The van der Waals surface area contributed by atoms with Crippen LogP contribution in [0.15, 0.2) is 36.5 Å². The summed E-state index contributed by atoms with van der Waals surface area (Å²) in [4.78, 5) is 0. The van der Waals surface area contributed by atoms with Gasteiger partial charge in [0.05, 0.1) is 5.69 Å². The lowest BCUT2D eigenvalue weighted by Crippen LogP contribution is -2.16. The van der Waals surface area contributed by atoms with Gasteiger partial charge in [-0.25, -0.2) is 0 Å². The van der Waals surface area contributed by atoms with Crippen molar-refractivity contribution in [3.05, 3.63) is 53.3 Å². The highest BCUT2D eigenvalue weighted by Crippen LogP contribution is 2.39. The van der Waals surface area contributed by atoms with Gasteiger partial charge in [-0.2, -0.15) is 5.10 Å². The van der Waals surface area contributed by atoms with E-state index >= 15 is 0 Å². The molecule has 0 amide bonds. The van der Waals surface area contributed by atoms with E-state index in [1.807, 2.05) is 17.9 Å². The molecule has 0 bridgehead atoms. The molecule has 1 fully saturated rings. The SMILES string of the molecule is Cn1ccc(CCNCc2ccc(C3CC3)cc2)n1. The number of benzene rings is 1. The van der Waals surface area contributed by atoms with Crippen LogP contribution < -0.4 is 5.32 Å². The van der Waals surface area contributed by atoms with Crippen molar-refractivity contribution in [1.29, 1.82) is 0 Å². The monoisotopic (exact) mass is 255 g/mol.